The highest BCUT2D eigenvalue weighted by molar-refractivity contribution is 7.99. The number of nitrogens with two attached hydrogens (primary N) is 1. The average Bonchev–Trinajstić information content (AvgIpc) is 2.56. The Kier molecular flexibility index (Phi) is 5.63. The van der Waals surface area contributed by atoms with E-state index >= 15 is 0 Å². The van der Waals surface area contributed by atoms with Crippen molar-refractivity contribution in [1.82, 2.24) is 0 Å². The third-order valence-corrected chi connectivity index (χ3v) is 4.62. The lowest BCUT2D eigenvalue weighted by molar-refractivity contribution is -0.410. The summed E-state index contributed by atoms with van der Waals surface area (Å²) in [7, 11) is 0. The number of H-pyrrole nitrogens is 1. The molecular formula is C18H18N5OS+. The number of benzene rings is 1. The van der Waals surface area contributed by atoms with Gasteiger partial charge in [0.15, 0.2) is 5.03 Å². The van der Waals surface area contributed by atoms with Crippen molar-refractivity contribution in [3.05, 3.63) is 46.0 Å². The van der Waals surface area contributed by atoms with Crippen LogP contribution in [0.25, 0.3) is 0 Å². The van der Waals surface area contributed by atoms with Crippen LogP contribution in [0.2, 0.25) is 0 Å². The Labute approximate surface area is 150 Å². The number of anilines is 2. The number of pyridine rings is 1. The molecule has 1 aromatic carbocycles. The smallest absolute Gasteiger partial charge is 0.289 e. The fourth-order valence-corrected chi connectivity index (χ4v) is 3.31. The molecule has 2 rings (SSSR count). The molecular weight excluding hydrogens is 334 g/mol. The molecule has 1 heterocycles. The number of aryl methyl sites for hydroxylation is 3. The fourth-order valence-electron chi connectivity index (χ4n) is 2.52. The van der Waals surface area contributed by atoms with Crippen molar-refractivity contribution >= 4 is 29.2 Å². The first-order valence-electron chi connectivity index (χ1n) is 7.52. The minimum Gasteiger partial charge on any atom is -0.325 e. The summed E-state index contributed by atoms with van der Waals surface area (Å²) >= 11 is 1.17. The Hall–Kier alpha value is -3.03. The average molecular weight is 352 g/mol. The van der Waals surface area contributed by atoms with E-state index in [-0.39, 0.29) is 28.6 Å². The third-order valence-electron chi connectivity index (χ3n) is 3.60. The van der Waals surface area contributed by atoms with Gasteiger partial charge in [-0.3, -0.25) is 10.5 Å². The summed E-state index contributed by atoms with van der Waals surface area (Å²) in [5.74, 6) is 0.110. The van der Waals surface area contributed by atoms with Gasteiger partial charge in [-0.2, -0.15) is 10.5 Å². The van der Waals surface area contributed by atoms with Gasteiger partial charge < -0.3 is 5.32 Å². The topological polar surface area (TPSA) is 117 Å². The van der Waals surface area contributed by atoms with Gasteiger partial charge >= 0.3 is 0 Å². The molecule has 0 fully saturated rings. The first-order chi connectivity index (χ1) is 11.8. The lowest BCUT2D eigenvalue weighted by Crippen LogP contribution is -2.20. The molecule has 2 aromatic rings. The van der Waals surface area contributed by atoms with Gasteiger partial charge in [0.25, 0.3) is 5.82 Å². The van der Waals surface area contributed by atoms with Crippen LogP contribution in [0.3, 0.4) is 0 Å². The van der Waals surface area contributed by atoms with Crippen LogP contribution in [0, 0.1) is 43.4 Å². The Morgan fingerprint density at radius 3 is 2.32 bits per heavy atom. The summed E-state index contributed by atoms with van der Waals surface area (Å²) in [5, 5.41) is 21.5. The molecule has 0 aliphatic rings. The molecule has 0 spiro atoms. The van der Waals surface area contributed by atoms with E-state index in [1.165, 1.54) is 17.8 Å². The zero-order valence-corrected chi connectivity index (χ0v) is 15.0. The molecule has 4 N–H and O–H groups in total. The minimum absolute atomic E-state index is 0.114. The number of aromatic amines is 1. The van der Waals surface area contributed by atoms with Gasteiger partial charge in [0.2, 0.25) is 5.91 Å². The standard InChI is InChI=1S/C18H17N5OS/c1-10-4-11(2)16(12(3)5-10)22-15(24)9-25-18-14(8-20)6-13(7-19)17(21)23-18/h4-6H,9H2,1-3H3,(H2,21,23)(H,22,24)/p+1. The zero-order valence-electron chi connectivity index (χ0n) is 14.2. The van der Waals surface area contributed by atoms with E-state index in [0.717, 1.165) is 22.4 Å². The Morgan fingerprint density at radius 2 is 1.76 bits per heavy atom. The SMILES string of the molecule is Cc1cc(C)c(NC(=O)CSc2[nH+]c(N)c(C#N)cc2C#N)c(C)c1. The van der Waals surface area contributed by atoms with Gasteiger partial charge in [0.1, 0.15) is 23.3 Å². The molecule has 6 nitrogen and oxygen atoms in total. The van der Waals surface area contributed by atoms with Crippen LogP contribution in [0.15, 0.2) is 23.2 Å². The molecule has 1 aromatic heterocycles. The highest BCUT2D eigenvalue weighted by Crippen LogP contribution is 2.24. The van der Waals surface area contributed by atoms with Crippen molar-refractivity contribution in [3.8, 4) is 12.1 Å². The number of thioether (sulfide) groups is 1. The van der Waals surface area contributed by atoms with Gasteiger partial charge in [0.05, 0.1) is 5.75 Å². The lowest BCUT2D eigenvalue weighted by Gasteiger charge is -2.12. The Bertz CT molecular complexity index is 901. The van der Waals surface area contributed by atoms with E-state index in [1.807, 2.05) is 45.0 Å². The molecule has 0 bridgehead atoms. The summed E-state index contributed by atoms with van der Waals surface area (Å²) in [4.78, 5) is 15.1. The molecule has 126 valence electrons. The molecule has 25 heavy (non-hydrogen) atoms. The van der Waals surface area contributed by atoms with E-state index < -0.39 is 0 Å². The van der Waals surface area contributed by atoms with Crippen LogP contribution in [-0.4, -0.2) is 11.7 Å². The molecule has 1 amide bonds. The molecule has 0 atom stereocenters. The van der Waals surface area contributed by atoms with Crippen LogP contribution < -0.4 is 16.0 Å². The van der Waals surface area contributed by atoms with Crippen molar-refractivity contribution in [1.29, 1.82) is 10.5 Å². The maximum Gasteiger partial charge on any atom is 0.289 e. The van der Waals surface area contributed by atoms with E-state index in [1.54, 1.807) is 0 Å². The maximum atomic E-state index is 12.3. The number of nitriles is 2. The summed E-state index contributed by atoms with van der Waals surface area (Å²) in [6, 6.07) is 9.36. The van der Waals surface area contributed by atoms with Crippen LogP contribution in [0.4, 0.5) is 11.5 Å². The predicted molar refractivity (Wildman–Crippen MR) is 96.8 cm³/mol. The summed E-state index contributed by atoms with van der Waals surface area (Å²) in [5.41, 5.74) is 10.2. The number of hydrogen-bond acceptors (Lipinski definition) is 5. The number of aromatic nitrogens is 1. The van der Waals surface area contributed by atoms with E-state index in [2.05, 4.69) is 10.3 Å². The van der Waals surface area contributed by atoms with Crippen molar-refractivity contribution in [2.45, 2.75) is 25.8 Å². The normalized spacial score (nSPS) is 9.96. The first-order valence-corrected chi connectivity index (χ1v) is 8.50. The van der Waals surface area contributed by atoms with E-state index in [4.69, 9.17) is 11.0 Å². The van der Waals surface area contributed by atoms with E-state index in [0.29, 0.717) is 5.03 Å². The quantitative estimate of drug-likeness (QED) is 0.820. The summed E-state index contributed by atoms with van der Waals surface area (Å²) in [6.07, 6.45) is 0. The predicted octanol–water partition coefficient (Wildman–Crippen LogP) is 2.48. The number of carbonyl (C=O) groups excluding carboxylic acids is 1. The molecule has 7 heteroatoms. The molecule has 0 aliphatic heterocycles. The molecule has 0 saturated heterocycles. The maximum absolute atomic E-state index is 12.3. The van der Waals surface area contributed by atoms with Crippen molar-refractivity contribution in [2.75, 3.05) is 16.8 Å². The number of carbonyl (C=O) groups is 1. The second-order valence-electron chi connectivity index (χ2n) is 5.67. The van der Waals surface area contributed by atoms with Crippen LogP contribution in [0.5, 0.6) is 0 Å². The van der Waals surface area contributed by atoms with Gasteiger partial charge in [-0.1, -0.05) is 29.5 Å². The van der Waals surface area contributed by atoms with Gasteiger partial charge in [-0.25, -0.2) is 4.98 Å². The number of nitrogens with one attached hydrogen (secondary N) is 2. The van der Waals surface area contributed by atoms with Crippen molar-refractivity contribution in [2.24, 2.45) is 0 Å². The number of nitrogen functional groups attached to an aromatic ring is 1. The Balaban J connectivity index is 2.13. The Morgan fingerprint density at radius 1 is 1.16 bits per heavy atom. The van der Waals surface area contributed by atoms with E-state index in [9.17, 15) is 10.1 Å². The van der Waals surface area contributed by atoms with Gasteiger partial charge in [-0.15, -0.1) is 0 Å². The number of nitrogens with zero attached hydrogens (tertiary/aromatic N) is 2. The number of rotatable bonds is 4. The fraction of sp³-hybridized carbons (Fsp3) is 0.222. The second-order valence-corrected chi connectivity index (χ2v) is 6.66. The second kappa shape index (κ2) is 7.69. The lowest BCUT2D eigenvalue weighted by atomic mass is 10.1. The monoisotopic (exact) mass is 352 g/mol. The molecule has 0 aliphatic carbocycles. The molecule has 0 unspecified atom stereocenters. The zero-order chi connectivity index (χ0) is 18.6. The molecule has 0 radical (unpaired) electrons. The largest absolute Gasteiger partial charge is 0.325 e. The van der Waals surface area contributed by atoms with Crippen LogP contribution in [0.1, 0.15) is 27.8 Å². The highest BCUT2D eigenvalue weighted by atomic mass is 32.2. The third kappa shape index (κ3) is 4.28. The van der Waals surface area contributed by atoms with Crippen molar-refractivity contribution < 1.29 is 9.78 Å². The van der Waals surface area contributed by atoms with Crippen molar-refractivity contribution in [3.63, 3.8) is 0 Å². The van der Waals surface area contributed by atoms with Crippen LogP contribution in [-0.2, 0) is 4.79 Å². The van der Waals surface area contributed by atoms with Gasteiger partial charge in [-0.05, 0) is 38.0 Å². The number of hydrogen-bond donors (Lipinski definition) is 2. The molecule has 0 saturated carbocycles. The van der Waals surface area contributed by atoms with Crippen LogP contribution >= 0.6 is 11.8 Å². The summed E-state index contributed by atoms with van der Waals surface area (Å²) < 4.78 is 0. The number of amides is 1. The first kappa shape index (κ1) is 18.3. The van der Waals surface area contributed by atoms with Gasteiger partial charge in [0, 0.05) is 5.69 Å². The highest BCUT2D eigenvalue weighted by Gasteiger charge is 2.16. The summed E-state index contributed by atoms with van der Waals surface area (Å²) in [6.45, 7) is 5.91. The minimum atomic E-state index is -0.180.